The van der Waals surface area contributed by atoms with E-state index in [4.69, 9.17) is 4.74 Å². The van der Waals surface area contributed by atoms with Gasteiger partial charge in [-0.3, -0.25) is 4.79 Å². The van der Waals surface area contributed by atoms with Crippen LogP contribution in [0.4, 0.5) is 0 Å². The van der Waals surface area contributed by atoms with E-state index in [-0.39, 0.29) is 18.1 Å². The second-order valence-electron chi connectivity index (χ2n) is 9.36. The summed E-state index contributed by atoms with van der Waals surface area (Å²) >= 11 is 0. The molecule has 5 aromatic rings. The minimum Gasteiger partial charge on any atom is -0.488 e. The minimum atomic E-state index is -1.09. The number of ether oxygens (including phenoxy) is 1. The molecule has 0 unspecified atom stereocenters. The van der Waals surface area contributed by atoms with Crippen molar-refractivity contribution in [3.63, 3.8) is 0 Å². The molecule has 1 amide bonds. The summed E-state index contributed by atoms with van der Waals surface area (Å²) < 4.78 is 8.16. The largest absolute Gasteiger partial charge is 0.488 e. The van der Waals surface area contributed by atoms with Crippen molar-refractivity contribution in [3.8, 4) is 5.75 Å². The predicted molar refractivity (Wildman–Crippen MR) is 147 cm³/mol. The van der Waals surface area contributed by atoms with Gasteiger partial charge in [0.1, 0.15) is 18.9 Å². The summed E-state index contributed by atoms with van der Waals surface area (Å²) in [5.41, 5.74) is 4.21. The fourth-order valence-corrected chi connectivity index (χ4v) is 4.81. The molecule has 7 heteroatoms. The van der Waals surface area contributed by atoms with Crippen molar-refractivity contribution in [1.29, 1.82) is 0 Å². The lowest BCUT2D eigenvalue weighted by atomic mass is 10.1. The molecule has 0 aliphatic rings. The van der Waals surface area contributed by atoms with Crippen molar-refractivity contribution >= 4 is 33.7 Å². The van der Waals surface area contributed by atoms with Crippen molar-refractivity contribution in [3.05, 3.63) is 107 Å². The smallest absolute Gasteiger partial charge is 0.354 e. The molecule has 1 N–H and O–H groups in total. The molecule has 0 aliphatic carbocycles. The molecule has 5 rings (SSSR count). The van der Waals surface area contributed by atoms with E-state index in [1.165, 1.54) is 5.56 Å². The highest BCUT2D eigenvalue weighted by Crippen LogP contribution is 2.38. The number of carbonyl (C=O) groups excluding carboxylic acids is 1. The Bertz CT molecular complexity index is 1610. The van der Waals surface area contributed by atoms with Crippen LogP contribution in [0.5, 0.6) is 5.75 Å². The molecular weight excluding hydrogens is 478 g/mol. The van der Waals surface area contributed by atoms with Gasteiger partial charge in [0.25, 0.3) is 0 Å². The van der Waals surface area contributed by atoms with Crippen molar-refractivity contribution < 1.29 is 19.4 Å². The molecule has 0 aliphatic heterocycles. The number of aromatic nitrogens is 2. The zero-order chi connectivity index (χ0) is 26.6. The Morgan fingerprint density at radius 1 is 0.895 bits per heavy atom. The Morgan fingerprint density at radius 3 is 2.26 bits per heavy atom. The summed E-state index contributed by atoms with van der Waals surface area (Å²) in [7, 11) is 1.81. The van der Waals surface area contributed by atoms with E-state index in [0.717, 1.165) is 28.3 Å². The van der Waals surface area contributed by atoms with Crippen LogP contribution >= 0.6 is 0 Å². The Hall–Kier alpha value is -4.65. The number of rotatable bonds is 9. The molecule has 2 aromatic heterocycles. The number of aryl methyl sites for hydroxylation is 1. The Labute approximate surface area is 220 Å². The maximum Gasteiger partial charge on any atom is 0.354 e. The van der Waals surface area contributed by atoms with Crippen LogP contribution in [0.2, 0.25) is 0 Å². The maximum absolute atomic E-state index is 13.3. The molecule has 0 bridgehead atoms. The number of aromatic carboxylic acids is 1. The number of hydrogen-bond acceptors (Lipinski definition) is 4. The number of nitrogens with zero attached hydrogens (tertiary/aromatic N) is 3. The second kappa shape index (κ2) is 10.8. The number of carboxylic acid groups (broad SMARTS) is 1. The van der Waals surface area contributed by atoms with E-state index >= 15 is 0 Å². The summed E-state index contributed by atoms with van der Waals surface area (Å²) in [5.74, 6) is -0.509. The summed E-state index contributed by atoms with van der Waals surface area (Å²) in [4.78, 5) is 31.2. The zero-order valence-electron chi connectivity index (χ0n) is 21.4. The number of hydrogen-bond donors (Lipinski definition) is 1. The van der Waals surface area contributed by atoms with Gasteiger partial charge in [-0.05, 0) is 42.2 Å². The third-order valence-corrected chi connectivity index (χ3v) is 6.88. The predicted octanol–water partition coefficient (Wildman–Crippen LogP) is 5.48. The van der Waals surface area contributed by atoms with Crippen molar-refractivity contribution in [1.82, 2.24) is 14.5 Å². The second-order valence-corrected chi connectivity index (χ2v) is 9.36. The van der Waals surface area contributed by atoms with Gasteiger partial charge >= 0.3 is 5.97 Å². The molecule has 2 heterocycles. The van der Waals surface area contributed by atoms with Crippen LogP contribution in [-0.2, 0) is 24.4 Å². The van der Waals surface area contributed by atoms with Gasteiger partial charge in [0.05, 0.1) is 22.6 Å². The van der Waals surface area contributed by atoms with E-state index in [1.807, 2.05) is 71.3 Å². The summed E-state index contributed by atoms with van der Waals surface area (Å²) in [5, 5.41) is 11.2. The van der Waals surface area contributed by atoms with Gasteiger partial charge in [-0.1, -0.05) is 66.7 Å². The standard InChI is InChI=1S/C31H29N3O4/c1-21-28-25(18-32-30(21)31(36)37)34(19-27(35)33(2)17-16-22-10-5-3-6-11-22)24-14-9-15-26(29(24)28)38-20-23-12-7-4-8-13-23/h3-15,18H,16-17,19-20H2,1-2H3,(H,36,37). The van der Waals surface area contributed by atoms with E-state index in [2.05, 4.69) is 17.1 Å². The van der Waals surface area contributed by atoms with Gasteiger partial charge in [0.15, 0.2) is 5.69 Å². The first kappa shape index (κ1) is 25.0. The third kappa shape index (κ3) is 4.95. The number of amides is 1. The molecular formula is C31H29N3O4. The SMILES string of the molecule is Cc1c(C(=O)O)ncc2c1c1c(OCc3ccccc3)cccc1n2CC(=O)N(C)CCc1ccccc1. The van der Waals surface area contributed by atoms with Crippen LogP contribution in [0.15, 0.2) is 85.1 Å². The van der Waals surface area contributed by atoms with Crippen molar-refractivity contribution in [2.75, 3.05) is 13.6 Å². The first-order chi connectivity index (χ1) is 18.4. The fourth-order valence-electron chi connectivity index (χ4n) is 4.81. The Kier molecular flexibility index (Phi) is 7.09. The van der Waals surface area contributed by atoms with Crippen LogP contribution in [0.3, 0.4) is 0 Å². The van der Waals surface area contributed by atoms with E-state index in [9.17, 15) is 14.7 Å². The number of likely N-dealkylation sites (N-methyl/N-ethyl adjacent to an activating group) is 1. The molecule has 0 radical (unpaired) electrons. The third-order valence-electron chi connectivity index (χ3n) is 6.88. The average Bonchev–Trinajstić information content (AvgIpc) is 3.26. The van der Waals surface area contributed by atoms with Gasteiger partial charge in [0, 0.05) is 19.0 Å². The molecule has 0 atom stereocenters. The molecule has 0 fully saturated rings. The number of carboxylic acids is 1. The maximum atomic E-state index is 13.3. The lowest BCUT2D eigenvalue weighted by Gasteiger charge is -2.18. The highest BCUT2D eigenvalue weighted by atomic mass is 16.5. The molecule has 3 aromatic carbocycles. The fraction of sp³-hybridized carbons (Fsp3) is 0.194. The first-order valence-corrected chi connectivity index (χ1v) is 12.5. The van der Waals surface area contributed by atoms with E-state index in [0.29, 0.717) is 30.0 Å². The normalized spacial score (nSPS) is 11.1. The van der Waals surface area contributed by atoms with E-state index in [1.54, 1.807) is 25.1 Å². The number of carbonyl (C=O) groups is 2. The zero-order valence-corrected chi connectivity index (χ0v) is 21.4. The highest BCUT2D eigenvalue weighted by Gasteiger charge is 2.23. The van der Waals surface area contributed by atoms with Gasteiger partial charge in [-0.15, -0.1) is 0 Å². The van der Waals surface area contributed by atoms with Crippen LogP contribution < -0.4 is 4.74 Å². The lowest BCUT2D eigenvalue weighted by Crippen LogP contribution is -2.31. The quantitative estimate of drug-likeness (QED) is 0.286. The number of benzene rings is 3. The van der Waals surface area contributed by atoms with Crippen LogP contribution in [-0.4, -0.2) is 45.0 Å². The summed E-state index contributed by atoms with van der Waals surface area (Å²) in [6, 6.07) is 25.6. The van der Waals surface area contributed by atoms with Crippen molar-refractivity contribution in [2.24, 2.45) is 0 Å². The van der Waals surface area contributed by atoms with Crippen LogP contribution in [0.25, 0.3) is 21.8 Å². The molecule has 7 nitrogen and oxygen atoms in total. The molecule has 0 saturated heterocycles. The number of fused-ring (bicyclic) bond motifs is 3. The molecule has 0 spiro atoms. The highest BCUT2D eigenvalue weighted by molar-refractivity contribution is 6.14. The van der Waals surface area contributed by atoms with Crippen molar-refractivity contribution in [2.45, 2.75) is 26.5 Å². The molecule has 192 valence electrons. The minimum absolute atomic E-state index is 0.0132. The van der Waals surface area contributed by atoms with Gasteiger partial charge in [-0.25, -0.2) is 9.78 Å². The first-order valence-electron chi connectivity index (χ1n) is 12.5. The average molecular weight is 508 g/mol. The van der Waals surface area contributed by atoms with E-state index < -0.39 is 5.97 Å². The molecule has 0 saturated carbocycles. The van der Waals surface area contributed by atoms with Gasteiger partial charge in [0.2, 0.25) is 5.91 Å². The Morgan fingerprint density at radius 2 is 1.58 bits per heavy atom. The van der Waals surface area contributed by atoms with Crippen LogP contribution in [0.1, 0.15) is 27.2 Å². The monoisotopic (exact) mass is 507 g/mol. The molecule has 38 heavy (non-hydrogen) atoms. The summed E-state index contributed by atoms with van der Waals surface area (Å²) in [6.07, 6.45) is 2.31. The number of pyridine rings is 1. The van der Waals surface area contributed by atoms with Gasteiger partial charge in [-0.2, -0.15) is 0 Å². The topological polar surface area (TPSA) is 84.7 Å². The lowest BCUT2D eigenvalue weighted by molar-refractivity contribution is -0.130. The van der Waals surface area contributed by atoms with Gasteiger partial charge < -0.3 is 19.3 Å². The van der Waals surface area contributed by atoms with Crippen LogP contribution in [0, 0.1) is 6.92 Å². The summed E-state index contributed by atoms with van der Waals surface area (Å²) in [6.45, 7) is 2.81. The Balaban J connectivity index is 1.53.